The number of ether oxygens (including phenoxy) is 1. The fraction of sp³-hybridized carbons (Fsp3) is 0.316. The topological polar surface area (TPSA) is 106 Å². The number of pyridine rings is 1. The molecule has 1 aromatic carbocycles. The van der Waals surface area contributed by atoms with E-state index in [-0.39, 0.29) is 24.0 Å². The molecule has 1 aliphatic rings. The molecule has 2 amide bonds. The number of benzene rings is 1. The molecule has 0 aliphatic carbocycles. The van der Waals surface area contributed by atoms with Crippen molar-refractivity contribution in [2.24, 2.45) is 0 Å². The summed E-state index contributed by atoms with van der Waals surface area (Å²) in [6.45, 7) is 3.22. The smallest absolute Gasteiger partial charge is 0.366 e. The van der Waals surface area contributed by atoms with Gasteiger partial charge in [-0.1, -0.05) is 30.3 Å². The normalized spacial score (nSPS) is 14.8. The van der Waals surface area contributed by atoms with Gasteiger partial charge < -0.3 is 19.8 Å². The van der Waals surface area contributed by atoms with E-state index in [4.69, 9.17) is 4.74 Å². The first kappa shape index (κ1) is 19.3. The van der Waals surface area contributed by atoms with Crippen LogP contribution < -0.4 is 9.64 Å². The molecule has 0 fully saturated rings. The van der Waals surface area contributed by atoms with Crippen molar-refractivity contribution in [1.82, 2.24) is 9.88 Å². The Kier molecular flexibility index (Phi) is 5.00. The molecular formula is C19H20N4O5. The molecule has 9 nitrogen and oxygen atoms in total. The maximum absolute atomic E-state index is 12.8. The van der Waals surface area contributed by atoms with Crippen LogP contribution in [0.15, 0.2) is 42.5 Å². The highest BCUT2D eigenvalue weighted by Gasteiger charge is 2.45. The van der Waals surface area contributed by atoms with Crippen LogP contribution >= 0.6 is 0 Å². The number of aromatic nitrogens is 1. The quantitative estimate of drug-likeness (QED) is 0.578. The largest absolute Gasteiger partial charge is 0.472 e. The van der Waals surface area contributed by atoms with Gasteiger partial charge in [0.1, 0.15) is 6.54 Å². The van der Waals surface area contributed by atoms with Crippen LogP contribution in [0.25, 0.3) is 0 Å². The van der Waals surface area contributed by atoms with Gasteiger partial charge in [-0.15, -0.1) is 0 Å². The van der Waals surface area contributed by atoms with Crippen LogP contribution in [0.3, 0.4) is 0 Å². The first-order chi connectivity index (χ1) is 13.2. The minimum absolute atomic E-state index is 0.0278. The van der Waals surface area contributed by atoms with E-state index in [1.165, 1.54) is 17.0 Å². The van der Waals surface area contributed by atoms with Gasteiger partial charge in [0, 0.05) is 19.7 Å². The number of hydrogen-bond acceptors (Lipinski definition) is 6. The summed E-state index contributed by atoms with van der Waals surface area (Å²) in [5, 5.41) is 11.1. The van der Waals surface area contributed by atoms with Gasteiger partial charge in [0.15, 0.2) is 11.4 Å². The maximum Gasteiger partial charge on any atom is 0.366 e. The minimum atomic E-state index is -1.22. The van der Waals surface area contributed by atoms with E-state index in [1.807, 2.05) is 30.3 Å². The predicted molar refractivity (Wildman–Crippen MR) is 101 cm³/mol. The Bertz CT molecular complexity index is 929. The van der Waals surface area contributed by atoms with Gasteiger partial charge in [-0.2, -0.15) is 0 Å². The zero-order valence-corrected chi connectivity index (χ0v) is 15.8. The molecule has 1 aromatic heterocycles. The number of carbonyl (C=O) groups excluding carboxylic acids is 2. The molecule has 2 aromatic rings. The van der Waals surface area contributed by atoms with E-state index in [1.54, 1.807) is 20.9 Å². The monoisotopic (exact) mass is 384 g/mol. The minimum Gasteiger partial charge on any atom is -0.472 e. The van der Waals surface area contributed by atoms with Crippen molar-refractivity contribution in [3.63, 3.8) is 0 Å². The summed E-state index contributed by atoms with van der Waals surface area (Å²) < 4.78 is 5.63. The molecule has 3 rings (SSSR count). The van der Waals surface area contributed by atoms with Gasteiger partial charge in [0.05, 0.1) is 0 Å². The third-order valence-corrected chi connectivity index (χ3v) is 4.37. The summed E-state index contributed by atoms with van der Waals surface area (Å²) in [6.07, 6.45) is 0. The average Bonchev–Trinajstić information content (AvgIpc) is 2.65. The fourth-order valence-electron chi connectivity index (χ4n) is 2.89. The Hall–Kier alpha value is -3.49. The summed E-state index contributed by atoms with van der Waals surface area (Å²) >= 11 is 0. The summed E-state index contributed by atoms with van der Waals surface area (Å²) in [5.41, 5.74) is -0.274. The number of nitrogens with zero attached hydrogens (tertiary/aromatic N) is 4. The lowest BCUT2D eigenvalue weighted by molar-refractivity contribution is -0.389. The molecule has 146 valence electrons. The molecule has 0 atom stereocenters. The number of hydrogen-bond donors (Lipinski definition) is 0. The molecule has 0 saturated heterocycles. The van der Waals surface area contributed by atoms with Gasteiger partial charge in [0.25, 0.3) is 11.7 Å². The second-order valence-electron chi connectivity index (χ2n) is 6.99. The highest BCUT2D eigenvalue weighted by atomic mass is 16.6. The van der Waals surface area contributed by atoms with Crippen LogP contribution in [-0.4, -0.2) is 45.8 Å². The molecule has 0 bridgehead atoms. The van der Waals surface area contributed by atoms with Gasteiger partial charge >= 0.3 is 5.82 Å². The zero-order chi connectivity index (χ0) is 20.5. The maximum atomic E-state index is 12.8. The van der Waals surface area contributed by atoms with E-state index >= 15 is 0 Å². The lowest BCUT2D eigenvalue weighted by atomic mass is 10.1. The third-order valence-electron chi connectivity index (χ3n) is 4.37. The van der Waals surface area contributed by atoms with Gasteiger partial charge in [0.2, 0.25) is 5.91 Å². The summed E-state index contributed by atoms with van der Waals surface area (Å²) in [4.78, 5) is 42.5. The standard InChI is InChI=1S/C19H20N4O5/c1-19(2)18(25)22(17-14(28-19)9-10-15(20-17)23(26)27)12-16(24)21(3)11-13-7-5-4-6-8-13/h4-10H,11-12H2,1-3H3. The van der Waals surface area contributed by atoms with Crippen molar-refractivity contribution in [1.29, 1.82) is 0 Å². The van der Waals surface area contributed by atoms with E-state index in [0.29, 0.717) is 6.54 Å². The van der Waals surface area contributed by atoms with Crippen molar-refractivity contribution in [2.75, 3.05) is 18.5 Å². The molecule has 0 N–H and O–H groups in total. The number of fused-ring (bicyclic) bond motifs is 1. The fourth-order valence-corrected chi connectivity index (χ4v) is 2.89. The van der Waals surface area contributed by atoms with Gasteiger partial charge in [-0.25, -0.2) is 0 Å². The average molecular weight is 384 g/mol. The second-order valence-corrected chi connectivity index (χ2v) is 6.99. The predicted octanol–water partition coefficient (Wildman–Crippen LogP) is 2.15. The number of rotatable bonds is 5. The first-order valence-corrected chi connectivity index (χ1v) is 8.63. The van der Waals surface area contributed by atoms with Crippen LogP contribution in [0.2, 0.25) is 0 Å². The Morgan fingerprint density at radius 1 is 1.25 bits per heavy atom. The highest BCUT2D eigenvalue weighted by molar-refractivity contribution is 6.05. The SMILES string of the molecule is CN(Cc1ccccc1)C(=O)CN1C(=O)C(C)(C)Oc2ccc([N+](=O)[O-])nc21. The Balaban J connectivity index is 1.87. The molecule has 9 heteroatoms. The molecule has 0 radical (unpaired) electrons. The van der Waals surface area contributed by atoms with Crippen molar-refractivity contribution in [3.8, 4) is 5.75 Å². The summed E-state index contributed by atoms with van der Waals surface area (Å²) in [5.74, 6) is -1.05. The molecule has 0 saturated carbocycles. The molecular weight excluding hydrogens is 364 g/mol. The van der Waals surface area contributed by atoms with Crippen LogP contribution in [0.4, 0.5) is 11.6 Å². The van der Waals surface area contributed by atoms with Crippen LogP contribution in [0.1, 0.15) is 19.4 Å². The van der Waals surface area contributed by atoms with E-state index in [0.717, 1.165) is 10.5 Å². The van der Waals surface area contributed by atoms with Crippen LogP contribution in [0, 0.1) is 10.1 Å². The lowest BCUT2D eigenvalue weighted by Crippen LogP contribution is -2.55. The Morgan fingerprint density at radius 3 is 2.57 bits per heavy atom. The number of amides is 2. The molecule has 0 spiro atoms. The second kappa shape index (κ2) is 7.26. The van der Waals surface area contributed by atoms with Crippen LogP contribution in [0.5, 0.6) is 5.75 Å². The van der Waals surface area contributed by atoms with Crippen LogP contribution in [-0.2, 0) is 16.1 Å². The third kappa shape index (κ3) is 3.78. The molecule has 2 heterocycles. The number of carbonyl (C=O) groups is 2. The van der Waals surface area contributed by atoms with E-state index in [2.05, 4.69) is 4.98 Å². The van der Waals surface area contributed by atoms with Crippen molar-refractivity contribution in [2.45, 2.75) is 26.0 Å². The van der Waals surface area contributed by atoms with Gasteiger partial charge in [-0.05, 0) is 35.4 Å². The lowest BCUT2D eigenvalue weighted by Gasteiger charge is -2.36. The number of likely N-dealkylation sites (N-methyl/N-ethyl adjacent to an activating group) is 1. The zero-order valence-electron chi connectivity index (χ0n) is 15.8. The molecule has 28 heavy (non-hydrogen) atoms. The Morgan fingerprint density at radius 2 is 1.93 bits per heavy atom. The summed E-state index contributed by atoms with van der Waals surface area (Å²) in [7, 11) is 1.63. The molecule has 0 unspecified atom stereocenters. The number of nitro groups is 1. The highest BCUT2D eigenvalue weighted by Crippen LogP contribution is 2.37. The van der Waals surface area contributed by atoms with Crippen molar-refractivity contribution in [3.05, 3.63) is 58.1 Å². The van der Waals surface area contributed by atoms with Crippen molar-refractivity contribution >= 4 is 23.5 Å². The van der Waals surface area contributed by atoms with Crippen molar-refractivity contribution < 1.29 is 19.2 Å². The van der Waals surface area contributed by atoms with E-state index < -0.39 is 22.2 Å². The molecule has 1 aliphatic heterocycles. The summed E-state index contributed by atoms with van der Waals surface area (Å²) in [6, 6.07) is 12.0. The Labute approximate surface area is 161 Å². The van der Waals surface area contributed by atoms with E-state index in [9.17, 15) is 19.7 Å². The van der Waals surface area contributed by atoms with Gasteiger partial charge in [-0.3, -0.25) is 14.5 Å². The first-order valence-electron chi connectivity index (χ1n) is 8.63. The number of anilines is 1.